The average molecular weight is 505 g/mol. The highest BCUT2D eigenvalue weighted by Gasteiger charge is 2.24. The van der Waals surface area contributed by atoms with E-state index in [4.69, 9.17) is 15.5 Å². The highest BCUT2D eigenvalue weighted by Crippen LogP contribution is 2.17. The first kappa shape index (κ1) is 23.2. The number of nitrogens with zero attached hydrogens (tertiary/aromatic N) is 4. The number of anilines is 1. The molecule has 1 aromatic carbocycles. The molecule has 2 N–H and O–H groups in total. The van der Waals surface area contributed by atoms with E-state index >= 15 is 0 Å². The lowest BCUT2D eigenvalue weighted by Crippen LogP contribution is -2.52. The molecule has 0 saturated carbocycles. The Morgan fingerprint density at radius 3 is 2.25 bits per heavy atom. The summed E-state index contributed by atoms with van der Waals surface area (Å²) in [6.45, 7) is 12.1. The second-order valence-corrected chi connectivity index (χ2v) is 7.61. The van der Waals surface area contributed by atoms with Gasteiger partial charge in [-0.3, -0.25) is 9.89 Å². The summed E-state index contributed by atoms with van der Waals surface area (Å²) in [6.07, 6.45) is 0. The summed E-state index contributed by atoms with van der Waals surface area (Å²) in [6, 6.07) is 7.08. The van der Waals surface area contributed by atoms with Crippen LogP contribution in [0.1, 0.15) is 13.8 Å². The van der Waals surface area contributed by atoms with Crippen molar-refractivity contribution in [2.24, 2.45) is 16.6 Å². The van der Waals surface area contributed by atoms with Crippen molar-refractivity contribution in [2.45, 2.75) is 19.9 Å². The van der Waals surface area contributed by atoms with E-state index in [2.05, 4.69) is 28.5 Å². The van der Waals surface area contributed by atoms with Crippen LogP contribution in [-0.4, -0.2) is 80.8 Å². The molecular weight excluding hydrogens is 472 g/mol. The van der Waals surface area contributed by atoms with Gasteiger partial charge in [0.2, 0.25) is 0 Å². The van der Waals surface area contributed by atoms with Crippen LogP contribution in [0.5, 0.6) is 0 Å². The summed E-state index contributed by atoms with van der Waals surface area (Å²) >= 11 is 0. The number of hydrogen-bond acceptors (Lipinski definition) is 4. The molecule has 0 radical (unpaired) electrons. The Morgan fingerprint density at radius 1 is 1.07 bits per heavy atom. The number of guanidine groups is 1. The lowest BCUT2D eigenvalue weighted by Gasteiger charge is -2.38. The number of hydrogen-bond donors (Lipinski definition) is 1. The van der Waals surface area contributed by atoms with Gasteiger partial charge in [0.25, 0.3) is 0 Å². The minimum Gasteiger partial charge on any atom is -0.379 e. The van der Waals surface area contributed by atoms with Crippen LogP contribution in [0.3, 0.4) is 0 Å². The molecule has 2 fully saturated rings. The predicted molar refractivity (Wildman–Crippen MR) is 123 cm³/mol. The first-order chi connectivity index (χ1) is 13.0. The van der Waals surface area contributed by atoms with Gasteiger partial charge >= 0.3 is 0 Å². The van der Waals surface area contributed by atoms with Crippen LogP contribution in [-0.2, 0) is 4.74 Å². The number of nitrogens with two attached hydrogens (primary N) is 1. The fourth-order valence-electron chi connectivity index (χ4n) is 3.79. The van der Waals surface area contributed by atoms with Crippen molar-refractivity contribution >= 4 is 35.6 Å². The summed E-state index contributed by atoms with van der Waals surface area (Å²) in [4.78, 5) is 11.6. The summed E-state index contributed by atoms with van der Waals surface area (Å²) in [5.74, 6) is 0.955. The van der Waals surface area contributed by atoms with Crippen LogP contribution in [0, 0.1) is 11.7 Å². The fraction of sp³-hybridized carbons (Fsp3) is 0.650. The minimum atomic E-state index is -0.200. The molecule has 6 nitrogen and oxygen atoms in total. The van der Waals surface area contributed by atoms with Gasteiger partial charge in [0.1, 0.15) is 5.82 Å². The molecule has 3 rings (SSSR count). The lowest BCUT2D eigenvalue weighted by molar-refractivity contribution is 0.00864. The molecule has 28 heavy (non-hydrogen) atoms. The molecule has 0 spiro atoms. The monoisotopic (exact) mass is 505 g/mol. The van der Waals surface area contributed by atoms with Gasteiger partial charge in [-0.2, -0.15) is 0 Å². The Hall–Kier alpha value is -1.13. The molecule has 8 heteroatoms. The SMILES string of the molecule is CC(C)C(CN=C(N)N1CCN(c2ccc(F)cc2)CC1)N1CCOCC1.I. The maximum atomic E-state index is 13.1. The van der Waals surface area contributed by atoms with Gasteiger partial charge in [-0.15, -0.1) is 24.0 Å². The molecule has 1 unspecified atom stereocenters. The zero-order chi connectivity index (χ0) is 19.2. The summed E-state index contributed by atoms with van der Waals surface area (Å²) in [5, 5.41) is 0. The number of ether oxygens (including phenoxy) is 1. The second kappa shape index (κ2) is 11.2. The number of morpholine rings is 1. The number of aliphatic imine (C=N–C) groups is 1. The van der Waals surface area contributed by atoms with Gasteiger partial charge in [0.15, 0.2) is 5.96 Å². The third kappa shape index (κ3) is 6.18. The third-order valence-corrected chi connectivity index (χ3v) is 5.52. The number of halogens is 2. The summed E-state index contributed by atoms with van der Waals surface area (Å²) < 4.78 is 18.6. The molecule has 1 aromatic rings. The van der Waals surface area contributed by atoms with E-state index in [1.807, 2.05) is 12.1 Å². The molecule has 2 aliphatic rings. The van der Waals surface area contributed by atoms with Crippen LogP contribution in [0.2, 0.25) is 0 Å². The standard InChI is InChI=1S/C20H32FN5O.HI/c1-16(2)19(25-11-13-27-14-12-25)15-23-20(22)26-9-7-24(8-10-26)18-5-3-17(21)4-6-18;/h3-6,16,19H,7-15H2,1-2H3,(H2,22,23);1H. The normalized spacial score (nSPS) is 20.2. The summed E-state index contributed by atoms with van der Waals surface area (Å²) in [5.41, 5.74) is 7.35. The van der Waals surface area contributed by atoms with Crippen molar-refractivity contribution in [2.75, 3.05) is 63.9 Å². The molecule has 0 aliphatic carbocycles. The Labute approximate surface area is 184 Å². The van der Waals surface area contributed by atoms with Crippen molar-refractivity contribution < 1.29 is 9.13 Å². The Kier molecular flexibility index (Phi) is 9.23. The highest BCUT2D eigenvalue weighted by atomic mass is 127. The van der Waals surface area contributed by atoms with Crippen LogP contribution in [0.15, 0.2) is 29.3 Å². The number of rotatable bonds is 5. The quantitative estimate of drug-likeness (QED) is 0.378. The van der Waals surface area contributed by atoms with E-state index in [0.717, 1.165) is 64.7 Å². The van der Waals surface area contributed by atoms with Gasteiger partial charge in [0, 0.05) is 51.0 Å². The smallest absolute Gasteiger partial charge is 0.191 e. The molecule has 1 atom stereocenters. The van der Waals surface area contributed by atoms with E-state index in [9.17, 15) is 4.39 Å². The third-order valence-electron chi connectivity index (χ3n) is 5.52. The van der Waals surface area contributed by atoms with Crippen LogP contribution in [0.4, 0.5) is 10.1 Å². The number of piperazine rings is 1. The second-order valence-electron chi connectivity index (χ2n) is 7.61. The number of benzene rings is 1. The zero-order valence-corrected chi connectivity index (χ0v) is 19.2. The van der Waals surface area contributed by atoms with Crippen LogP contribution >= 0.6 is 24.0 Å². The van der Waals surface area contributed by atoms with Crippen LogP contribution < -0.4 is 10.6 Å². The predicted octanol–water partition coefficient (Wildman–Crippen LogP) is 2.24. The molecule has 0 bridgehead atoms. The van der Waals surface area contributed by atoms with Gasteiger partial charge < -0.3 is 20.3 Å². The van der Waals surface area contributed by atoms with E-state index < -0.39 is 0 Å². The van der Waals surface area contributed by atoms with Gasteiger partial charge in [-0.1, -0.05) is 13.8 Å². The highest BCUT2D eigenvalue weighted by molar-refractivity contribution is 14.0. The van der Waals surface area contributed by atoms with Gasteiger partial charge in [-0.05, 0) is 30.2 Å². The molecule has 0 amide bonds. The minimum absolute atomic E-state index is 0. The van der Waals surface area contributed by atoms with Gasteiger partial charge in [-0.25, -0.2) is 4.39 Å². The molecule has 2 aliphatic heterocycles. The van der Waals surface area contributed by atoms with E-state index in [-0.39, 0.29) is 29.8 Å². The van der Waals surface area contributed by atoms with Crippen molar-refractivity contribution in [1.82, 2.24) is 9.80 Å². The largest absolute Gasteiger partial charge is 0.379 e. The molecule has 0 aromatic heterocycles. The Balaban J connectivity index is 0.00000280. The van der Waals surface area contributed by atoms with Gasteiger partial charge in [0.05, 0.1) is 19.8 Å². The zero-order valence-electron chi connectivity index (χ0n) is 16.9. The molecule has 2 heterocycles. The van der Waals surface area contributed by atoms with E-state index in [1.165, 1.54) is 12.1 Å². The van der Waals surface area contributed by atoms with E-state index in [0.29, 0.717) is 17.9 Å². The van der Waals surface area contributed by atoms with Crippen molar-refractivity contribution in [3.05, 3.63) is 30.1 Å². The van der Waals surface area contributed by atoms with Crippen LogP contribution in [0.25, 0.3) is 0 Å². The fourth-order valence-corrected chi connectivity index (χ4v) is 3.79. The molecular formula is C20H33FIN5O. The maximum absolute atomic E-state index is 13.1. The molecule has 2 saturated heterocycles. The van der Waals surface area contributed by atoms with Crippen molar-refractivity contribution in [3.8, 4) is 0 Å². The molecule has 158 valence electrons. The van der Waals surface area contributed by atoms with Crippen molar-refractivity contribution in [3.63, 3.8) is 0 Å². The van der Waals surface area contributed by atoms with Crippen molar-refractivity contribution in [1.29, 1.82) is 0 Å². The Bertz CT molecular complexity index is 614. The van der Waals surface area contributed by atoms with E-state index in [1.54, 1.807) is 0 Å². The Morgan fingerprint density at radius 2 is 1.68 bits per heavy atom. The topological polar surface area (TPSA) is 57.3 Å². The first-order valence-electron chi connectivity index (χ1n) is 9.92. The first-order valence-corrected chi connectivity index (χ1v) is 9.92. The lowest BCUT2D eigenvalue weighted by atomic mass is 10.0. The average Bonchev–Trinajstić information content (AvgIpc) is 2.69. The maximum Gasteiger partial charge on any atom is 0.191 e. The summed E-state index contributed by atoms with van der Waals surface area (Å²) in [7, 11) is 0.